The van der Waals surface area contributed by atoms with Crippen LogP contribution in [0, 0.1) is 0 Å². The van der Waals surface area contributed by atoms with Gasteiger partial charge in [0.25, 0.3) is 0 Å². The second-order valence-electron chi connectivity index (χ2n) is 5.96. The van der Waals surface area contributed by atoms with Crippen LogP contribution in [0.15, 0.2) is 30.5 Å². The fourth-order valence-electron chi connectivity index (χ4n) is 2.79. The van der Waals surface area contributed by atoms with E-state index in [9.17, 15) is 0 Å². The molecule has 1 atom stereocenters. The summed E-state index contributed by atoms with van der Waals surface area (Å²) in [6.07, 6.45) is 5.70. The highest BCUT2D eigenvalue weighted by Gasteiger charge is 2.17. The lowest BCUT2D eigenvalue weighted by Gasteiger charge is -2.21. The number of piperidine rings is 1. The van der Waals surface area contributed by atoms with E-state index in [1.807, 2.05) is 6.20 Å². The second-order valence-corrected chi connectivity index (χ2v) is 5.96. The minimum absolute atomic E-state index is 0.396. The molecule has 3 nitrogen and oxygen atoms in total. The number of H-pyrrole nitrogens is 1. The molecule has 2 aromatic rings. The first-order valence-electron chi connectivity index (χ1n) is 7.62. The number of hydrogen-bond donors (Lipinski definition) is 2. The zero-order chi connectivity index (χ0) is 13.9. The van der Waals surface area contributed by atoms with Gasteiger partial charge in [-0.3, -0.25) is 0 Å². The van der Waals surface area contributed by atoms with Crippen molar-refractivity contribution < 1.29 is 0 Å². The number of aromatic amines is 1. The van der Waals surface area contributed by atoms with Crippen molar-refractivity contribution >= 4 is 0 Å². The monoisotopic (exact) mass is 269 g/mol. The number of nitrogens with one attached hydrogen (secondary N) is 2. The van der Waals surface area contributed by atoms with E-state index in [0.29, 0.717) is 12.0 Å². The molecule has 1 aliphatic heterocycles. The molecule has 20 heavy (non-hydrogen) atoms. The van der Waals surface area contributed by atoms with E-state index in [4.69, 9.17) is 0 Å². The summed E-state index contributed by atoms with van der Waals surface area (Å²) in [5, 5.41) is 3.53. The normalized spacial score (nSPS) is 19.4. The molecule has 3 rings (SSSR count). The van der Waals surface area contributed by atoms with Crippen LogP contribution >= 0.6 is 0 Å². The first kappa shape index (κ1) is 13.4. The Labute approximate surface area is 120 Å². The maximum Gasteiger partial charge on any atom is 0.123 e. The van der Waals surface area contributed by atoms with Crippen LogP contribution in [0.3, 0.4) is 0 Å². The van der Waals surface area contributed by atoms with E-state index in [1.165, 1.54) is 30.4 Å². The van der Waals surface area contributed by atoms with Crippen LogP contribution in [0.5, 0.6) is 0 Å². The van der Waals surface area contributed by atoms with Crippen molar-refractivity contribution in [3.05, 3.63) is 41.9 Å². The molecule has 1 aliphatic rings. The van der Waals surface area contributed by atoms with Gasteiger partial charge < -0.3 is 10.3 Å². The fourth-order valence-corrected chi connectivity index (χ4v) is 2.79. The van der Waals surface area contributed by atoms with E-state index in [-0.39, 0.29) is 0 Å². The van der Waals surface area contributed by atoms with Crippen LogP contribution in [0.25, 0.3) is 11.3 Å². The molecule has 1 fully saturated rings. The molecule has 0 saturated carbocycles. The third-order valence-corrected chi connectivity index (χ3v) is 4.12. The third-order valence-electron chi connectivity index (χ3n) is 4.12. The number of benzene rings is 1. The highest BCUT2D eigenvalue weighted by atomic mass is 15.0. The molecule has 1 aromatic carbocycles. The van der Waals surface area contributed by atoms with E-state index in [0.717, 1.165) is 18.1 Å². The minimum Gasteiger partial charge on any atom is -0.341 e. The topological polar surface area (TPSA) is 40.7 Å². The SMILES string of the molecule is CC(C)c1ccc(-c2cnc(C3CCCCN3)[nH]2)cc1. The summed E-state index contributed by atoms with van der Waals surface area (Å²) < 4.78 is 0. The first-order valence-corrected chi connectivity index (χ1v) is 7.62. The van der Waals surface area contributed by atoms with E-state index in [2.05, 4.69) is 53.4 Å². The maximum atomic E-state index is 4.56. The highest BCUT2D eigenvalue weighted by molar-refractivity contribution is 5.59. The van der Waals surface area contributed by atoms with E-state index >= 15 is 0 Å². The molecular formula is C17H23N3. The molecule has 0 spiro atoms. The maximum absolute atomic E-state index is 4.56. The Morgan fingerprint density at radius 3 is 2.60 bits per heavy atom. The predicted molar refractivity (Wildman–Crippen MR) is 82.7 cm³/mol. The van der Waals surface area contributed by atoms with Crippen molar-refractivity contribution in [3.63, 3.8) is 0 Å². The van der Waals surface area contributed by atoms with Crippen LogP contribution < -0.4 is 5.32 Å². The molecule has 0 amide bonds. The molecule has 0 radical (unpaired) electrons. The van der Waals surface area contributed by atoms with Gasteiger partial charge in [-0.15, -0.1) is 0 Å². The number of imidazole rings is 1. The van der Waals surface area contributed by atoms with Gasteiger partial charge in [0, 0.05) is 0 Å². The minimum atomic E-state index is 0.396. The van der Waals surface area contributed by atoms with Crippen molar-refractivity contribution in [2.45, 2.75) is 45.1 Å². The summed E-state index contributed by atoms with van der Waals surface area (Å²) in [6, 6.07) is 9.17. The van der Waals surface area contributed by atoms with Gasteiger partial charge >= 0.3 is 0 Å². The fraction of sp³-hybridized carbons (Fsp3) is 0.471. The predicted octanol–water partition coefficient (Wildman–Crippen LogP) is 4.01. The highest BCUT2D eigenvalue weighted by Crippen LogP contribution is 2.25. The van der Waals surface area contributed by atoms with Crippen molar-refractivity contribution in [3.8, 4) is 11.3 Å². The Bertz CT molecular complexity index is 548. The van der Waals surface area contributed by atoms with E-state index < -0.39 is 0 Å². The Hall–Kier alpha value is -1.61. The van der Waals surface area contributed by atoms with Crippen molar-refractivity contribution in [1.29, 1.82) is 0 Å². The number of nitrogens with zero attached hydrogens (tertiary/aromatic N) is 1. The zero-order valence-electron chi connectivity index (χ0n) is 12.3. The lowest BCUT2D eigenvalue weighted by atomic mass is 10.0. The van der Waals surface area contributed by atoms with Crippen molar-refractivity contribution in [1.82, 2.24) is 15.3 Å². The van der Waals surface area contributed by atoms with Gasteiger partial charge in [-0.05, 0) is 36.4 Å². The van der Waals surface area contributed by atoms with Gasteiger partial charge in [0.15, 0.2) is 0 Å². The Kier molecular flexibility index (Phi) is 3.88. The van der Waals surface area contributed by atoms with Crippen LogP contribution in [-0.2, 0) is 0 Å². The molecule has 2 heterocycles. The van der Waals surface area contributed by atoms with Crippen LogP contribution in [0.4, 0.5) is 0 Å². The molecular weight excluding hydrogens is 246 g/mol. The Morgan fingerprint density at radius 2 is 1.95 bits per heavy atom. The number of aromatic nitrogens is 2. The molecule has 106 valence electrons. The largest absolute Gasteiger partial charge is 0.341 e. The smallest absolute Gasteiger partial charge is 0.123 e. The molecule has 1 aromatic heterocycles. The Morgan fingerprint density at radius 1 is 1.15 bits per heavy atom. The summed E-state index contributed by atoms with van der Waals surface area (Å²) in [7, 11) is 0. The summed E-state index contributed by atoms with van der Waals surface area (Å²) in [5.41, 5.74) is 3.70. The third kappa shape index (κ3) is 2.78. The van der Waals surface area contributed by atoms with Gasteiger partial charge in [0.1, 0.15) is 5.82 Å². The average Bonchev–Trinajstić information content (AvgIpc) is 2.98. The van der Waals surface area contributed by atoms with Crippen LogP contribution in [0.1, 0.15) is 56.5 Å². The second kappa shape index (κ2) is 5.80. The summed E-state index contributed by atoms with van der Waals surface area (Å²) >= 11 is 0. The lowest BCUT2D eigenvalue weighted by Crippen LogP contribution is -2.27. The van der Waals surface area contributed by atoms with E-state index in [1.54, 1.807) is 0 Å². The van der Waals surface area contributed by atoms with Gasteiger partial charge in [0.05, 0.1) is 17.9 Å². The summed E-state index contributed by atoms with van der Waals surface area (Å²) in [5.74, 6) is 1.65. The Balaban J connectivity index is 1.78. The molecule has 2 N–H and O–H groups in total. The average molecular weight is 269 g/mol. The van der Waals surface area contributed by atoms with Gasteiger partial charge in [-0.25, -0.2) is 4.98 Å². The van der Waals surface area contributed by atoms with Crippen LogP contribution in [0.2, 0.25) is 0 Å². The molecule has 1 unspecified atom stereocenters. The van der Waals surface area contributed by atoms with Crippen molar-refractivity contribution in [2.24, 2.45) is 0 Å². The number of rotatable bonds is 3. The summed E-state index contributed by atoms with van der Waals surface area (Å²) in [4.78, 5) is 8.03. The summed E-state index contributed by atoms with van der Waals surface area (Å²) in [6.45, 7) is 5.54. The lowest BCUT2D eigenvalue weighted by molar-refractivity contribution is 0.399. The van der Waals surface area contributed by atoms with Gasteiger partial charge in [0.2, 0.25) is 0 Å². The first-order chi connectivity index (χ1) is 9.74. The van der Waals surface area contributed by atoms with Gasteiger partial charge in [-0.1, -0.05) is 44.5 Å². The number of hydrogen-bond acceptors (Lipinski definition) is 2. The standard InChI is InChI=1S/C17H23N3/c1-12(2)13-6-8-14(9-7-13)16-11-19-17(20-16)15-5-3-4-10-18-15/h6-9,11-12,15,18H,3-5,10H2,1-2H3,(H,19,20). The van der Waals surface area contributed by atoms with Gasteiger partial charge in [-0.2, -0.15) is 0 Å². The molecule has 0 bridgehead atoms. The molecule has 1 saturated heterocycles. The zero-order valence-corrected chi connectivity index (χ0v) is 12.3. The molecule has 0 aliphatic carbocycles. The quantitative estimate of drug-likeness (QED) is 0.883. The van der Waals surface area contributed by atoms with Crippen LogP contribution in [-0.4, -0.2) is 16.5 Å². The van der Waals surface area contributed by atoms with Crippen molar-refractivity contribution in [2.75, 3.05) is 6.54 Å². The molecule has 3 heteroatoms.